The number of halogens is 1. The van der Waals surface area contributed by atoms with Crippen molar-refractivity contribution in [2.24, 2.45) is 5.92 Å². The second-order valence-electron chi connectivity index (χ2n) is 8.55. The van der Waals surface area contributed by atoms with E-state index < -0.39 is 0 Å². The summed E-state index contributed by atoms with van der Waals surface area (Å²) in [5, 5.41) is 9.39. The molecule has 0 aliphatic carbocycles. The Morgan fingerprint density at radius 3 is 2.25 bits per heavy atom. The van der Waals surface area contributed by atoms with Crippen LogP contribution >= 0.6 is 11.8 Å². The largest absolute Gasteiger partial charge is 0.483 e. The van der Waals surface area contributed by atoms with Crippen molar-refractivity contribution < 1.29 is 13.9 Å². The summed E-state index contributed by atoms with van der Waals surface area (Å²) in [4.78, 5) is 12.5. The Bertz CT molecular complexity index is 1030. The molecule has 170 valence electrons. The van der Waals surface area contributed by atoms with Gasteiger partial charge in [0.2, 0.25) is 0 Å². The normalized spacial score (nSPS) is 12.4. The van der Waals surface area contributed by atoms with Crippen LogP contribution in [0, 0.1) is 11.7 Å². The van der Waals surface area contributed by atoms with E-state index in [1.54, 1.807) is 0 Å². The molecule has 1 atom stereocenters. The molecular formula is C25H30FN3O2S. The Kier molecular flexibility index (Phi) is 8.07. The van der Waals surface area contributed by atoms with E-state index in [-0.39, 0.29) is 23.5 Å². The maximum absolute atomic E-state index is 13.1. The summed E-state index contributed by atoms with van der Waals surface area (Å²) >= 11 is 1.34. The van der Waals surface area contributed by atoms with Gasteiger partial charge in [-0.05, 0) is 60.7 Å². The van der Waals surface area contributed by atoms with Gasteiger partial charge in [0.15, 0.2) is 22.9 Å². The van der Waals surface area contributed by atoms with Crippen molar-refractivity contribution >= 4 is 17.5 Å². The van der Waals surface area contributed by atoms with E-state index in [0.29, 0.717) is 22.6 Å². The Labute approximate surface area is 193 Å². The third kappa shape index (κ3) is 6.19. The number of ether oxygens (including phenoxy) is 1. The average molecular weight is 456 g/mol. The van der Waals surface area contributed by atoms with E-state index in [1.807, 2.05) is 23.6 Å². The van der Waals surface area contributed by atoms with E-state index in [9.17, 15) is 9.18 Å². The quantitative estimate of drug-likeness (QED) is 0.265. The monoisotopic (exact) mass is 455 g/mol. The Balaban J connectivity index is 1.73. The Morgan fingerprint density at radius 1 is 1.00 bits per heavy atom. The van der Waals surface area contributed by atoms with Crippen molar-refractivity contribution in [2.75, 3.05) is 5.75 Å². The van der Waals surface area contributed by atoms with Crippen molar-refractivity contribution in [1.29, 1.82) is 0 Å². The molecule has 0 bridgehead atoms. The van der Waals surface area contributed by atoms with Crippen LogP contribution in [-0.4, -0.2) is 26.3 Å². The molecule has 7 heteroatoms. The number of thioether (sulfide) groups is 1. The first-order valence-corrected chi connectivity index (χ1v) is 11.8. The van der Waals surface area contributed by atoms with E-state index in [1.165, 1.54) is 41.6 Å². The lowest BCUT2D eigenvalue weighted by Crippen LogP contribution is -2.15. The van der Waals surface area contributed by atoms with Crippen LogP contribution in [-0.2, 0) is 6.54 Å². The second-order valence-corrected chi connectivity index (χ2v) is 9.49. The third-order valence-electron chi connectivity index (χ3n) is 5.01. The van der Waals surface area contributed by atoms with Crippen LogP contribution in [0.4, 0.5) is 4.39 Å². The Morgan fingerprint density at radius 2 is 1.66 bits per heavy atom. The first-order chi connectivity index (χ1) is 15.2. The predicted octanol–water partition coefficient (Wildman–Crippen LogP) is 6.31. The molecule has 0 saturated carbocycles. The zero-order chi connectivity index (χ0) is 23.3. The highest BCUT2D eigenvalue weighted by molar-refractivity contribution is 7.99. The van der Waals surface area contributed by atoms with Gasteiger partial charge in [-0.2, -0.15) is 0 Å². The molecule has 3 aromatic rings. The predicted molar refractivity (Wildman–Crippen MR) is 126 cm³/mol. The highest BCUT2D eigenvalue weighted by Crippen LogP contribution is 2.27. The minimum absolute atomic E-state index is 0.0785. The summed E-state index contributed by atoms with van der Waals surface area (Å²) in [6.45, 7) is 11.2. The van der Waals surface area contributed by atoms with Crippen LogP contribution in [0.2, 0.25) is 0 Å². The van der Waals surface area contributed by atoms with Gasteiger partial charge >= 0.3 is 0 Å². The first kappa shape index (κ1) is 24.0. The van der Waals surface area contributed by atoms with Crippen molar-refractivity contribution in [1.82, 2.24) is 14.8 Å². The summed E-state index contributed by atoms with van der Waals surface area (Å²) in [5.41, 5.74) is 1.74. The number of nitrogens with zero attached hydrogens (tertiary/aromatic N) is 3. The van der Waals surface area contributed by atoms with Crippen LogP contribution in [0.5, 0.6) is 5.75 Å². The number of hydrogen-bond donors (Lipinski definition) is 0. The van der Waals surface area contributed by atoms with E-state index in [4.69, 9.17) is 4.74 Å². The van der Waals surface area contributed by atoms with Crippen LogP contribution in [0.15, 0.2) is 53.7 Å². The lowest BCUT2D eigenvalue weighted by molar-refractivity contribution is 0.102. The summed E-state index contributed by atoms with van der Waals surface area (Å²) in [6.07, 6.45) is -0.298. The lowest BCUT2D eigenvalue weighted by atomic mass is 10.0. The van der Waals surface area contributed by atoms with Crippen molar-refractivity contribution in [3.05, 3.63) is 71.3 Å². The fourth-order valence-corrected chi connectivity index (χ4v) is 4.13. The molecule has 0 spiro atoms. The fraction of sp³-hybridized carbons (Fsp3) is 0.400. The number of Topliss-reactive ketones (excluding diaryl/α,β-unsaturated/α-hetero) is 1. The van der Waals surface area contributed by atoms with Crippen molar-refractivity contribution in [2.45, 2.75) is 58.3 Å². The maximum Gasteiger partial charge on any atom is 0.191 e. The molecule has 5 nitrogen and oxygen atoms in total. The fourth-order valence-electron chi connectivity index (χ4n) is 3.28. The van der Waals surface area contributed by atoms with E-state index in [0.717, 1.165) is 18.1 Å². The Hall–Kier alpha value is -2.67. The molecule has 0 aliphatic heterocycles. The number of hydrogen-bond acceptors (Lipinski definition) is 5. The zero-order valence-electron chi connectivity index (χ0n) is 19.2. The number of aromatic nitrogens is 3. The molecule has 0 fully saturated rings. The first-order valence-electron chi connectivity index (χ1n) is 10.9. The van der Waals surface area contributed by atoms with Gasteiger partial charge in [-0.3, -0.25) is 4.79 Å². The molecule has 0 aliphatic rings. The molecule has 1 heterocycles. The smallest absolute Gasteiger partial charge is 0.191 e. The number of rotatable bonds is 10. The van der Waals surface area contributed by atoms with Gasteiger partial charge in [-0.1, -0.05) is 51.6 Å². The molecule has 0 amide bonds. The number of benzene rings is 2. The highest BCUT2D eigenvalue weighted by Gasteiger charge is 2.21. The van der Waals surface area contributed by atoms with Gasteiger partial charge in [-0.15, -0.1) is 10.2 Å². The molecule has 3 rings (SSSR count). The van der Waals surface area contributed by atoms with Gasteiger partial charge in [0.1, 0.15) is 11.6 Å². The molecule has 0 radical (unpaired) electrons. The minimum atomic E-state index is -0.358. The lowest BCUT2D eigenvalue weighted by Gasteiger charge is -2.18. The van der Waals surface area contributed by atoms with E-state index in [2.05, 4.69) is 50.0 Å². The van der Waals surface area contributed by atoms with Gasteiger partial charge in [-0.25, -0.2) is 4.39 Å². The van der Waals surface area contributed by atoms with Gasteiger partial charge in [0.05, 0.1) is 5.75 Å². The average Bonchev–Trinajstić information content (AvgIpc) is 3.14. The summed E-state index contributed by atoms with van der Waals surface area (Å²) in [5.74, 6) is 2.11. The minimum Gasteiger partial charge on any atom is -0.483 e. The third-order valence-corrected chi connectivity index (χ3v) is 5.98. The molecule has 32 heavy (non-hydrogen) atoms. The molecule has 1 aromatic heterocycles. The number of carbonyl (C=O) groups excluding carboxylic acids is 1. The molecular weight excluding hydrogens is 425 g/mol. The van der Waals surface area contributed by atoms with Crippen molar-refractivity contribution in [3.63, 3.8) is 0 Å². The molecule has 0 saturated heterocycles. The standard InChI is InChI=1S/C25H30FN3O2S/c1-16(2)14-29-24(18(5)31-22-12-8-19(9-13-22)17(3)4)27-28-25(29)32-15-23(30)20-6-10-21(26)11-7-20/h6-13,16-18H,14-15H2,1-5H3. The van der Waals surface area contributed by atoms with Crippen LogP contribution in [0.1, 0.15) is 68.4 Å². The topological polar surface area (TPSA) is 57.0 Å². The number of ketones is 1. The van der Waals surface area contributed by atoms with Crippen molar-refractivity contribution in [3.8, 4) is 5.75 Å². The SMILES string of the molecule is CC(C)Cn1c(SCC(=O)c2ccc(F)cc2)nnc1C(C)Oc1ccc(C(C)C)cc1. The zero-order valence-corrected chi connectivity index (χ0v) is 20.0. The van der Waals surface area contributed by atoms with Crippen LogP contribution in [0.25, 0.3) is 0 Å². The maximum atomic E-state index is 13.1. The van der Waals surface area contributed by atoms with Crippen LogP contribution < -0.4 is 4.74 Å². The summed E-state index contributed by atoms with van der Waals surface area (Å²) in [7, 11) is 0. The summed E-state index contributed by atoms with van der Waals surface area (Å²) < 4.78 is 21.3. The van der Waals surface area contributed by atoms with Gasteiger partial charge in [0.25, 0.3) is 0 Å². The van der Waals surface area contributed by atoms with E-state index >= 15 is 0 Å². The van der Waals surface area contributed by atoms with Gasteiger partial charge < -0.3 is 9.30 Å². The highest BCUT2D eigenvalue weighted by atomic mass is 32.2. The van der Waals surface area contributed by atoms with Crippen LogP contribution in [0.3, 0.4) is 0 Å². The summed E-state index contributed by atoms with van der Waals surface area (Å²) in [6, 6.07) is 13.7. The molecule has 0 N–H and O–H groups in total. The number of carbonyl (C=O) groups is 1. The molecule has 2 aromatic carbocycles. The van der Waals surface area contributed by atoms with Gasteiger partial charge in [0, 0.05) is 12.1 Å². The molecule has 1 unspecified atom stereocenters. The second kappa shape index (κ2) is 10.8.